The van der Waals surface area contributed by atoms with Gasteiger partial charge in [0.2, 0.25) is 12.7 Å². The van der Waals surface area contributed by atoms with Crippen molar-refractivity contribution >= 4 is 5.91 Å². The van der Waals surface area contributed by atoms with E-state index >= 15 is 0 Å². The topological polar surface area (TPSA) is 76.2 Å². The highest BCUT2D eigenvalue weighted by Gasteiger charge is 2.13. The monoisotopic (exact) mass is 259 g/mol. The van der Waals surface area contributed by atoms with E-state index in [1.807, 2.05) is 18.2 Å². The molecule has 2 aromatic rings. The molecule has 2 heterocycles. The molecule has 0 unspecified atom stereocenters. The fourth-order valence-electron chi connectivity index (χ4n) is 1.87. The zero-order chi connectivity index (χ0) is 13.1. The van der Waals surface area contributed by atoms with Gasteiger partial charge in [0.05, 0.1) is 12.7 Å². The summed E-state index contributed by atoms with van der Waals surface area (Å²) in [7, 11) is 0. The summed E-state index contributed by atoms with van der Waals surface area (Å²) in [5.74, 6) is 1.41. The number of carbonyl (C=O) groups excluding carboxylic acids is 1. The number of nitrogens with one attached hydrogen (secondary N) is 2. The van der Waals surface area contributed by atoms with Gasteiger partial charge in [0.15, 0.2) is 11.5 Å². The lowest BCUT2D eigenvalue weighted by molar-refractivity contribution is -0.120. The standard InChI is InChI=1S/C13H13N3O3/c17-13(4-10-6-14-7-16-10)15-5-9-1-2-11-12(3-9)19-8-18-11/h1-3,6-7H,4-5,8H2,(H,14,16)(H,15,17). The number of H-pyrrole nitrogens is 1. The first-order valence-electron chi connectivity index (χ1n) is 5.94. The van der Waals surface area contributed by atoms with E-state index in [0.29, 0.717) is 13.0 Å². The Kier molecular flexibility index (Phi) is 3.06. The summed E-state index contributed by atoms with van der Waals surface area (Å²) >= 11 is 0. The quantitative estimate of drug-likeness (QED) is 0.858. The molecule has 19 heavy (non-hydrogen) atoms. The summed E-state index contributed by atoms with van der Waals surface area (Å²) < 4.78 is 10.5. The smallest absolute Gasteiger partial charge is 0.231 e. The molecule has 1 aliphatic rings. The molecule has 6 heteroatoms. The molecule has 0 saturated heterocycles. The summed E-state index contributed by atoms with van der Waals surface area (Å²) in [6.07, 6.45) is 3.49. The summed E-state index contributed by atoms with van der Waals surface area (Å²) in [6.45, 7) is 0.717. The van der Waals surface area contributed by atoms with E-state index in [9.17, 15) is 4.79 Å². The highest BCUT2D eigenvalue weighted by Crippen LogP contribution is 2.32. The molecule has 0 bridgehead atoms. The van der Waals surface area contributed by atoms with Crippen LogP contribution in [-0.4, -0.2) is 22.7 Å². The number of aromatic amines is 1. The molecule has 1 amide bonds. The van der Waals surface area contributed by atoms with Crippen molar-refractivity contribution in [1.29, 1.82) is 0 Å². The van der Waals surface area contributed by atoms with Gasteiger partial charge in [-0.1, -0.05) is 6.07 Å². The van der Waals surface area contributed by atoms with Gasteiger partial charge in [-0.05, 0) is 17.7 Å². The molecule has 0 aliphatic carbocycles. The van der Waals surface area contributed by atoms with Gasteiger partial charge in [0.1, 0.15) is 0 Å². The van der Waals surface area contributed by atoms with E-state index in [2.05, 4.69) is 15.3 Å². The third kappa shape index (κ3) is 2.67. The van der Waals surface area contributed by atoms with Crippen molar-refractivity contribution in [3.63, 3.8) is 0 Å². The first-order chi connectivity index (χ1) is 9.31. The lowest BCUT2D eigenvalue weighted by Gasteiger charge is -2.05. The molecule has 1 aromatic heterocycles. The van der Waals surface area contributed by atoms with Crippen LogP contribution in [0.3, 0.4) is 0 Å². The zero-order valence-corrected chi connectivity index (χ0v) is 10.2. The number of aromatic nitrogens is 2. The van der Waals surface area contributed by atoms with Crippen molar-refractivity contribution in [2.24, 2.45) is 0 Å². The average Bonchev–Trinajstić information content (AvgIpc) is 3.06. The molecule has 1 aliphatic heterocycles. The van der Waals surface area contributed by atoms with E-state index < -0.39 is 0 Å². The van der Waals surface area contributed by atoms with E-state index in [4.69, 9.17) is 9.47 Å². The number of imidazole rings is 1. The van der Waals surface area contributed by atoms with Crippen molar-refractivity contribution in [2.45, 2.75) is 13.0 Å². The summed E-state index contributed by atoms with van der Waals surface area (Å²) in [6, 6.07) is 5.63. The number of carbonyl (C=O) groups is 1. The molecular formula is C13H13N3O3. The SMILES string of the molecule is O=C(Cc1cnc[nH]1)NCc1ccc2c(c1)OCO2. The lowest BCUT2D eigenvalue weighted by Crippen LogP contribution is -2.24. The van der Waals surface area contributed by atoms with Crippen LogP contribution in [0, 0.1) is 0 Å². The second kappa shape index (κ2) is 5.01. The van der Waals surface area contributed by atoms with Crippen molar-refractivity contribution in [3.05, 3.63) is 42.0 Å². The van der Waals surface area contributed by atoms with Crippen LogP contribution in [0.2, 0.25) is 0 Å². The molecular weight excluding hydrogens is 246 g/mol. The van der Waals surface area contributed by atoms with Gasteiger partial charge in [-0.15, -0.1) is 0 Å². The molecule has 0 saturated carbocycles. The Morgan fingerprint density at radius 3 is 3.11 bits per heavy atom. The van der Waals surface area contributed by atoms with Crippen molar-refractivity contribution in [3.8, 4) is 11.5 Å². The highest BCUT2D eigenvalue weighted by atomic mass is 16.7. The van der Waals surface area contributed by atoms with Crippen LogP contribution in [0.25, 0.3) is 0 Å². The number of benzene rings is 1. The van der Waals surface area contributed by atoms with Crippen molar-refractivity contribution < 1.29 is 14.3 Å². The average molecular weight is 259 g/mol. The molecule has 0 atom stereocenters. The third-order valence-corrected chi connectivity index (χ3v) is 2.83. The maximum atomic E-state index is 11.7. The van der Waals surface area contributed by atoms with Gasteiger partial charge < -0.3 is 19.8 Å². The van der Waals surface area contributed by atoms with Crippen LogP contribution in [0.1, 0.15) is 11.3 Å². The minimum atomic E-state index is -0.0538. The van der Waals surface area contributed by atoms with Gasteiger partial charge in [-0.2, -0.15) is 0 Å². The zero-order valence-electron chi connectivity index (χ0n) is 10.2. The fourth-order valence-corrected chi connectivity index (χ4v) is 1.87. The van der Waals surface area contributed by atoms with Gasteiger partial charge in [-0.25, -0.2) is 4.98 Å². The molecule has 2 N–H and O–H groups in total. The summed E-state index contributed by atoms with van der Waals surface area (Å²) in [5, 5.41) is 2.85. The maximum absolute atomic E-state index is 11.7. The van der Waals surface area contributed by atoms with Crippen molar-refractivity contribution in [2.75, 3.05) is 6.79 Å². The second-order valence-corrected chi connectivity index (χ2v) is 4.22. The predicted octanol–water partition coefficient (Wildman–Crippen LogP) is 0.997. The molecule has 1 aromatic carbocycles. The fraction of sp³-hybridized carbons (Fsp3) is 0.231. The Morgan fingerprint density at radius 1 is 1.37 bits per heavy atom. The molecule has 0 spiro atoms. The van der Waals surface area contributed by atoms with E-state index in [1.165, 1.54) is 0 Å². The van der Waals surface area contributed by atoms with Crippen LogP contribution >= 0.6 is 0 Å². The molecule has 3 rings (SSSR count). The predicted molar refractivity (Wildman–Crippen MR) is 66.7 cm³/mol. The number of fused-ring (bicyclic) bond motifs is 1. The third-order valence-electron chi connectivity index (χ3n) is 2.83. The summed E-state index contributed by atoms with van der Waals surface area (Å²) in [4.78, 5) is 18.5. The van der Waals surface area contributed by atoms with Crippen LogP contribution in [0.5, 0.6) is 11.5 Å². The van der Waals surface area contributed by atoms with Crippen LogP contribution in [-0.2, 0) is 17.8 Å². The van der Waals surface area contributed by atoms with E-state index in [-0.39, 0.29) is 12.7 Å². The summed E-state index contributed by atoms with van der Waals surface area (Å²) in [5.41, 5.74) is 1.77. The minimum absolute atomic E-state index is 0.0538. The number of nitrogens with zero attached hydrogens (tertiary/aromatic N) is 1. The number of rotatable bonds is 4. The number of hydrogen-bond donors (Lipinski definition) is 2. The van der Waals surface area contributed by atoms with Gasteiger partial charge >= 0.3 is 0 Å². The lowest BCUT2D eigenvalue weighted by atomic mass is 10.2. The first-order valence-corrected chi connectivity index (χ1v) is 5.94. The molecule has 0 fully saturated rings. The largest absolute Gasteiger partial charge is 0.454 e. The second-order valence-electron chi connectivity index (χ2n) is 4.22. The first kappa shape index (κ1) is 11.6. The Balaban J connectivity index is 1.56. The number of amides is 1. The number of hydrogen-bond acceptors (Lipinski definition) is 4. The van der Waals surface area contributed by atoms with Crippen molar-refractivity contribution in [1.82, 2.24) is 15.3 Å². The van der Waals surface area contributed by atoms with Gasteiger partial charge in [0, 0.05) is 18.4 Å². The molecule has 0 radical (unpaired) electrons. The molecule has 98 valence electrons. The van der Waals surface area contributed by atoms with E-state index in [0.717, 1.165) is 22.8 Å². The van der Waals surface area contributed by atoms with Crippen LogP contribution in [0.4, 0.5) is 0 Å². The normalized spacial score (nSPS) is 12.4. The van der Waals surface area contributed by atoms with Crippen LogP contribution in [0.15, 0.2) is 30.7 Å². The maximum Gasteiger partial charge on any atom is 0.231 e. The van der Waals surface area contributed by atoms with Crippen LogP contribution < -0.4 is 14.8 Å². The Labute approximate surface area is 109 Å². The minimum Gasteiger partial charge on any atom is -0.454 e. The molecule has 6 nitrogen and oxygen atoms in total. The van der Waals surface area contributed by atoms with E-state index in [1.54, 1.807) is 12.5 Å². The Hall–Kier alpha value is -2.50. The van der Waals surface area contributed by atoms with Gasteiger partial charge in [0.25, 0.3) is 0 Å². The Morgan fingerprint density at radius 2 is 2.26 bits per heavy atom. The highest BCUT2D eigenvalue weighted by molar-refractivity contribution is 5.78. The Bertz CT molecular complexity index is 581. The number of ether oxygens (including phenoxy) is 2. The van der Waals surface area contributed by atoms with Gasteiger partial charge in [-0.3, -0.25) is 4.79 Å².